The third-order valence-electron chi connectivity index (χ3n) is 5.68. The lowest BCUT2D eigenvalue weighted by atomic mass is 10.3. The van der Waals surface area contributed by atoms with Crippen molar-refractivity contribution in [1.82, 2.24) is 0 Å². The zero-order valence-electron chi connectivity index (χ0n) is 25.8. The van der Waals surface area contributed by atoms with Crippen molar-refractivity contribution in [3.8, 4) is 11.5 Å². The van der Waals surface area contributed by atoms with Gasteiger partial charge < -0.3 is 18.9 Å². The molecule has 48 heavy (non-hydrogen) atoms. The summed E-state index contributed by atoms with van der Waals surface area (Å²) in [7, 11) is 0. The Balaban J connectivity index is 0.000000260. The monoisotopic (exact) mass is 658 g/mol. The van der Waals surface area contributed by atoms with Crippen LogP contribution < -0.4 is 9.47 Å². The van der Waals surface area contributed by atoms with Crippen molar-refractivity contribution in [3.63, 3.8) is 0 Å². The van der Waals surface area contributed by atoms with Gasteiger partial charge in [0.1, 0.15) is 11.5 Å². The van der Waals surface area contributed by atoms with Gasteiger partial charge in [0, 0.05) is 24.3 Å². The maximum absolute atomic E-state index is 11.2. The molecule has 0 bridgehead atoms. The van der Waals surface area contributed by atoms with E-state index in [0.717, 1.165) is 0 Å². The number of azo groups is 2. The van der Waals surface area contributed by atoms with Gasteiger partial charge in [0.05, 0.1) is 45.8 Å². The summed E-state index contributed by atoms with van der Waals surface area (Å²) in [6.45, 7) is 3.76. The molecule has 0 saturated carbocycles. The summed E-state index contributed by atoms with van der Waals surface area (Å²) in [4.78, 5) is 42.6. The van der Waals surface area contributed by atoms with Gasteiger partial charge in [0.2, 0.25) is 0 Å². The van der Waals surface area contributed by atoms with Crippen LogP contribution in [0.3, 0.4) is 0 Å². The number of ether oxygens (including phenoxy) is 4. The first-order valence-corrected chi connectivity index (χ1v) is 14.3. The van der Waals surface area contributed by atoms with Crippen molar-refractivity contribution in [2.45, 2.75) is 13.8 Å². The van der Waals surface area contributed by atoms with Crippen LogP contribution in [0.2, 0.25) is 0 Å². The van der Waals surface area contributed by atoms with Crippen LogP contribution in [-0.4, -0.2) is 48.2 Å². The van der Waals surface area contributed by atoms with Gasteiger partial charge in [-0.2, -0.15) is 20.5 Å². The summed E-state index contributed by atoms with van der Waals surface area (Å²) in [5.41, 5.74) is 2.16. The minimum absolute atomic E-state index is 0.00273. The Morgan fingerprint density at radius 3 is 1.04 bits per heavy atom. The predicted octanol–water partition coefficient (Wildman–Crippen LogP) is 7.90. The molecule has 0 aliphatic carbocycles. The van der Waals surface area contributed by atoms with Crippen molar-refractivity contribution < 1.29 is 38.4 Å². The number of nitro groups is 2. The zero-order chi connectivity index (χ0) is 34.7. The van der Waals surface area contributed by atoms with Crippen molar-refractivity contribution in [2.75, 3.05) is 26.4 Å². The fourth-order valence-electron chi connectivity index (χ4n) is 3.42. The van der Waals surface area contributed by atoms with Crippen molar-refractivity contribution in [2.24, 2.45) is 20.5 Å². The Morgan fingerprint density at radius 1 is 0.521 bits per heavy atom. The van der Waals surface area contributed by atoms with Crippen LogP contribution in [0.4, 0.5) is 34.1 Å². The molecule has 248 valence electrons. The van der Waals surface area contributed by atoms with Crippen molar-refractivity contribution >= 4 is 46.1 Å². The molecule has 16 nitrogen and oxygen atoms in total. The highest BCUT2D eigenvalue weighted by atomic mass is 16.6. The smallest absolute Gasteiger partial charge is 0.344 e. The maximum atomic E-state index is 11.2. The Labute approximate surface area is 274 Å². The lowest BCUT2D eigenvalue weighted by molar-refractivity contribution is -0.385. The maximum Gasteiger partial charge on any atom is 0.344 e. The number of nitro benzene ring substituents is 2. The molecular weight excluding hydrogens is 628 g/mol. The van der Waals surface area contributed by atoms with Crippen LogP contribution >= 0.6 is 0 Å². The average Bonchev–Trinajstić information content (AvgIpc) is 3.10. The minimum Gasteiger partial charge on any atom is -0.482 e. The first-order chi connectivity index (χ1) is 23.2. The first kappa shape index (κ1) is 35.9. The van der Waals surface area contributed by atoms with Crippen LogP contribution in [0.25, 0.3) is 0 Å². The van der Waals surface area contributed by atoms with Gasteiger partial charge in [0.15, 0.2) is 13.2 Å². The normalized spacial score (nSPS) is 10.5. The van der Waals surface area contributed by atoms with Crippen LogP contribution in [0.15, 0.2) is 118 Å². The first-order valence-electron chi connectivity index (χ1n) is 14.3. The highest BCUT2D eigenvalue weighted by Crippen LogP contribution is 2.24. The van der Waals surface area contributed by atoms with E-state index in [1.807, 2.05) is 0 Å². The highest BCUT2D eigenvalue weighted by Gasteiger charge is 2.06. The molecule has 0 unspecified atom stereocenters. The Morgan fingerprint density at radius 2 is 0.792 bits per heavy atom. The molecule has 0 fully saturated rings. The molecule has 0 saturated heterocycles. The molecule has 0 aliphatic rings. The van der Waals surface area contributed by atoms with E-state index in [2.05, 4.69) is 20.5 Å². The Hall–Kier alpha value is -6.58. The minimum atomic E-state index is -0.476. The Bertz CT molecular complexity index is 1580. The number of benzene rings is 4. The molecule has 16 heteroatoms. The fraction of sp³-hybridized carbons (Fsp3) is 0.188. The summed E-state index contributed by atoms with van der Waals surface area (Å²) >= 11 is 0. The predicted molar refractivity (Wildman–Crippen MR) is 172 cm³/mol. The van der Waals surface area contributed by atoms with Gasteiger partial charge >= 0.3 is 11.9 Å². The summed E-state index contributed by atoms with van der Waals surface area (Å²) in [6, 6.07) is 24.8. The standard InChI is InChI=1S/2C16H15N3O5/c2*1-2-23-16(20)11-24-15-9-5-13(6-10-15)18-17-12-3-7-14(8-4-12)19(21)22/h2*3-10H,2,11H2,1H3. The summed E-state index contributed by atoms with van der Waals surface area (Å²) in [5, 5.41) is 37.2. The quantitative estimate of drug-likeness (QED) is 0.0553. The van der Waals surface area contributed by atoms with E-state index < -0.39 is 21.8 Å². The molecule has 0 aliphatic heterocycles. The zero-order valence-corrected chi connectivity index (χ0v) is 25.8. The van der Waals surface area contributed by atoms with Crippen molar-refractivity contribution in [3.05, 3.63) is 117 Å². The second-order valence-electron chi connectivity index (χ2n) is 9.12. The second kappa shape index (κ2) is 19.1. The largest absolute Gasteiger partial charge is 0.482 e. The molecule has 4 rings (SSSR count). The van der Waals surface area contributed by atoms with Gasteiger partial charge in [-0.3, -0.25) is 20.2 Å². The average molecular weight is 659 g/mol. The molecular formula is C32H30N6O10. The molecule has 0 N–H and O–H groups in total. The van der Waals surface area contributed by atoms with E-state index in [0.29, 0.717) is 47.5 Å². The van der Waals surface area contributed by atoms with Gasteiger partial charge in [0.25, 0.3) is 11.4 Å². The number of carbonyl (C=O) groups is 2. The number of nitrogens with zero attached hydrogens (tertiary/aromatic N) is 6. The highest BCUT2D eigenvalue weighted by molar-refractivity contribution is 5.71. The third kappa shape index (κ3) is 12.8. The molecule has 4 aromatic rings. The van der Waals surface area contributed by atoms with E-state index in [9.17, 15) is 29.8 Å². The van der Waals surface area contributed by atoms with Crippen LogP contribution in [-0.2, 0) is 19.1 Å². The summed E-state index contributed by atoms with van der Waals surface area (Å²) in [5.74, 6) is 0.161. The number of non-ortho nitro benzene ring substituents is 2. The van der Waals surface area contributed by atoms with Gasteiger partial charge in [-0.05, 0) is 86.6 Å². The van der Waals surface area contributed by atoms with E-state index in [1.165, 1.54) is 48.5 Å². The lowest BCUT2D eigenvalue weighted by Gasteiger charge is -2.05. The number of carbonyl (C=O) groups excluding carboxylic acids is 2. The lowest BCUT2D eigenvalue weighted by Crippen LogP contribution is -2.14. The van der Waals surface area contributed by atoms with E-state index in [4.69, 9.17) is 18.9 Å². The molecule has 0 heterocycles. The van der Waals surface area contributed by atoms with E-state index in [1.54, 1.807) is 62.4 Å². The van der Waals surface area contributed by atoms with Gasteiger partial charge in [-0.1, -0.05) is 0 Å². The van der Waals surface area contributed by atoms with Crippen LogP contribution in [0, 0.1) is 20.2 Å². The van der Waals surface area contributed by atoms with Crippen LogP contribution in [0.5, 0.6) is 11.5 Å². The van der Waals surface area contributed by atoms with Crippen molar-refractivity contribution in [1.29, 1.82) is 0 Å². The summed E-state index contributed by atoms with van der Waals surface area (Å²) < 4.78 is 20.0. The molecule has 0 atom stereocenters. The summed E-state index contributed by atoms with van der Waals surface area (Å²) in [6.07, 6.45) is 0. The topological polar surface area (TPSA) is 207 Å². The van der Waals surface area contributed by atoms with E-state index >= 15 is 0 Å². The molecule has 0 aromatic heterocycles. The molecule has 4 aromatic carbocycles. The SMILES string of the molecule is CCOC(=O)COc1ccc(N=Nc2ccc([N+](=O)[O-])cc2)cc1.CCOC(=O)COc1ccc(N=Nc2ccc([N+](=O)[O-])cc2)cc1. The fourth-order valence-corrected chi connectivity index (χ4v) is 3.42. The second-order valence-corrected chi connectivity index (χ2v) is 9.12. The van der Waals surface area contributed by atoms with Gasteiger partial charge in [-0.15, -0.1) is 0 Å². The van der Waals surface area contributed by atoms with Crippen LogP contribution in [0.1, 0.15) is 13.8 Å². The number of rotatable bonds is 14. The number of esters is 2. The molecule has 0 amide bonds. The Kier molecular flexibility index (Phi) is 14.2. The third-order valence-corrected chi connectivity index (χ3v) is 5.68. The number of hydrogen-bond acceptors (Lipinski definition) is 14. The van der Waals surface area contributed by atoms with Gasteiger partial charge in [-0.25, -0.2) is 9.59 Å². The number of hydrogen-bond donors (Lipinski definition) is 0. The molecule has 0 spiro atoms. The van der Waals surface area contributed by atoms with E-state index in [-0.39, 0.29) is 24.6 Å². The molecule has 0 radical (unpaired) electrons.